The summed E-state index contributed by atoms with van der Waals surface area (Å²) in [6.07, 6.45) is 2.61. The van der Waals surface area contributed by atoms with Crippen molar-refractivity contribution in [3.05, 3.63) is 47.5 Å². The molecule has 0 aliphatic rings. The quantitative estimate of drug-likeness (QED) is 0.371. The van der Waals surface area contributed by atoms with Crippen LogP contribution in [0.3, 0.4) is 0 Å². The normalized spacial score (nSPS) is 14.7. The fraction of sp³-hybridized carbons (Fsp3) is 0.577. The van der Waals surface area contributed by atoms with Gasteiger partial charge >= 0.3 is 5.97 Å². The van der Waals surface area contributed by atoms with Gasteiger partial charge in [-0.15, -0.1) is 0 Å². The highest BCUT2D eigenvalue weighted by Gasteiger charge is 2.36. The van der Waals surface area contributed by atoms with Crippen LogP contribution in [0.2, 0.25) is 0 Å². The van der Waals surface area contributed by atoms with Gasteiger partial charge in [-0.25, -0.2) is 4.79 Å². The Kier molecular flexibility index (Phi) is 11.3. The molecule has 33 heavy (non-hydrogen) atoms. The lowest BCUT2D eigenvalue weighted by atomic mass is 9.77. The molecule has 1 aromatic rings. The van der Waals surface area contributed by atoms with Gasteiger partial charge in [0.1, 0.15) is 0 Å². The van der Waals surface area contributed by atoms with Crippen LogP contribution in [0.25, 0.3) is 0 Å². The minimum Gasteiger partial charge on any atom is -0.463 e. The predicted octanol–water partition coefficient (Wildman–Crippen LogP) is 3.05. The second-order valence-corrected chi connectivity index (χ2v) is 8.98. The molecule has 0 aliphatic carbocycles. The van der Waals surface area contributed by atoms with Crippen LogP contribution in [0.4, 0.5) is 0 Å². The topological polar surface area (TPSA) is 87.7 Å². The van der Waals surface area contributed by atoms with Crippen molar-refractivity contribution in [2.45, 2.75) is 65.5 Å². The Balaban J connectivity index is 2.93. The van der Waals surface area contributed by atoms with E-state index in [4.69, 9.17) is 4.74 Å². The summed E-state index contributed by atoms with van der Waals surface area (Å²) < 4.78 is 5.07. The van der Waals surface area contributed by atoms with Crippen molar-refractivity contribution in [1.82, 2.24) is 15.5 Å². The van der Waals surface area contributed by atoms with E-state index in [9.17, 15) is 14.4 Å². The number of ether oxygens (including phenoxy) is 1. The van der Waals surface area contributed by atoms with Gasteiger partial charge in [0.25, 0.3) is 0 Å². The Labute approximate surface area is 198 Å². The van der Waals surface area contributed by atoms with E-state index in [-0.39, 0.29) is 36.3 Å². The van der Waals surface area contributed by atoms with E-state index in [2.05, 4.69) is 10.6 Å². The molecule has 0 spiro atoms. The van der Waals surface area contributed by atoms with Gasteiger partial charge in [-0.2, -0.15) is 0 Å². The average Bonchev–Trinajstić information content (AvgIpc) is 2.80. The zero-order valence-electron chi connectivity index (χ0n) is 21.4. The number of benzene rings is 1. The zero-order chi connectivity index (χ0) is 25.2. The molecular formula is C26H41N3O4. The summed E-state index contributed by atoms with van der Waals surface area (Å²) in [6, 6.07) is 9.01. The highest BCUT2D eigenvalue weighted by molar-refractivity contribution is 5.89. The largest absolute Gasteiger partial charge is 0.463 e. The molecule has 0 fully saturated rings. The van der Waals surface area contributed by atoms with Crippen molar-refractivity contribution in [1.29, 1.82) is 0 Å². The molecule has 0 saturated carbocycles. The van der Waals surface area contributed by atoms with Crippen LogP contribution < -0.4 is 10.6 Å². The van der Waals surface area contributed by atoms with Crippen LogP contribution in [0, 0.1) is 5.92 Å². The SMILES string of the molecule is CCOC(=O)/C(C)=C/[C@H](C(C)CC)N(C)C(=O)CNC(=O)[C@@H](NC)C(C)(C)c1ccccc1. The number of carbonyl (C=O) groups excluding carboxylic acids is 3. The summed E-state index contributed by atoms with van der Waals surface area (Å²) in [5.74, 6) is -0.735. The number of nitrogens with zero attached hydrogens (tertiary/aromatic N) is 1. The summed E-state index contributed by atoms with van der Waals surface area (Å²) in [5, 5.41) is 5.89. The number of amides is 2. The van der Waals surface area contributed by atoms with E-state index in [1.165, 1.54) is 0 Å². The summed E-state index contributed by atoms with van der Waals surface area (Å²) >= 11 is 0. The Morgan fingerprint density at radius 2 is 1.76 bits per heavy atom. The van der Waals surface area contributed by atoms with Gasteiger partial charge in [0.05, 0.1) is 25.2 Å². The first-order valence-electron chi connectivity index (χ1n) is 11.6. The number of esters is 1. The minimum absolute atomic E-state index is 0.126. The highest BCUT2D eigenvalue weighted by Crippen LogP contribution is 2.27. The molecule has 7 nitrogen and oxygen atoms in total. The standard InChI is InChI=1S/C26H41N3O4/c1-9-18(3)21(16-19(4)25(32)33-10-2)29(8)22(30)17-28-24(31)23(27-7)26(5,6)20-14-12-11-13-15-20/h11-16,18,21,23,27H,9-10,17H2,1-8H3,(H,28,31)/b19-16+/t18?,21-,23-/m1/s1. The molecule has 0 aliphatic heterocycles. The molecule has 1 unspecified atom stereocenters. The molecule has 0 saturated heterocycles. The smallest absolute Gasteiger partial charge is 0.333 e. The second kappa shape index (κ2) is 13.1. The van der Waals surface area contributed by atoms with Crippen molar-refractivity contribution in [2.75, 3.05) is 27.2 Å². The van der Waals surface area contributed by atoms with Gasteiger partial charge in [-0.05, 0) is 32.4 Å². The third-order valence-electron chi connectivity index (χ3n) is 6.29. The number of rotatable bonds is 12. The fourth-order valence-corrected chi connectivity index (χ4v) is 3.88. The molecule has 2 N–H and O–H groups in total. The van der Waals surface area contributed by atoms with Crippen molar-refractivity contribution >= 4 is 17.8 Å². The summed E-state index contributed by atoms with van der Waals surface area (Å²) in [7, 11) is 3.44. The first-order valence-corrected chi connectivity index (χ1v) is 11.6. The van der Waals surface area contributed by atoms with Crippen LogP contribution in [0.15, 0.2) is 42.0 Å². The third kappa shape index (κ3) is 7.70. The van der Waals surface area contributed by atoms with Gasteiger partial charge in [0.15, 0.2) is 0 Å². The first kappa shape index (κ1) is 28.4. The molecular weight excluding hydrogens is 418 g/mol. The lowest BCUT2D eigenvalue weighted by Gasteiger charge is -2.34. The molecule has 0 aromatic heterocycles. The van der Waals surface area contributed by atoms with Crippen LogP contribution >= 0.6 is 0 Å². The minimum atomic E-state index is -0.519. The maximum absolute atomic E-state index is 13.0. The van der Waals surface area contributed by atoms with Gasteiger partial charge in [-0.3, -0.25) is 9.59 Å². The van der Waals surface area contributed by atoms with Gasteiger partial charge in [-0.1, -0.05) is 70.5 Å². The Hall–Kier alpha value is -2.67. The van der Waals surface area contributed by atoms with Gasteiger partial charge in [0, 0.05) is 18.0 Å². The molecule has 2 amide bonds. The van der Waals surface area contributed by atoms with Crippen LogP contribution in [-0.2, 0) is 24.5 Å². The maximum Gasteiger partial charge on any atom is 0.333 e. The summed E-state index contributed by atoms with van der Waals surface area (Å²) in [4.78, 5) is 39.6. The average molecular weight is 460 g/mol. The van der Waals surface area contributed by atoms with Crippen LogP contribution in [0.1, 0.15) is 53.5 Å². The van der Waals surface area contributed by atoms with E-state index in [1.54, 1.807) is 38.9 Å². The lowest BCUT2D eigenvalue weighted by Crippen LogP contribution is -2.55. The van der Waals surface area contributed by atoms with E-state index < -0.39 is 11.5 Å². The van der Waals surface area contributed by atoms with Crippen LogP contribution in [-0.4, -0.2) is 62.0 Å². The number of likely N-dealkylation sites (N-methyl/N-ethyl adjacent to an activating group) is 2. The summed E-state index contributed by atoms with van der Waals surface area (Å²) in [5.41, 5.74) is 1.01. The third-order valence-corrected chi connectivity index (χ3v) is 6.29. The van der Waals surface area contributed by atoms with E-state index in [0.29, 0.717) is 12.2 Å². The van der Waals surface area contributed by atoms with E-state index in [0.717, 1.165) is 12.0 Å². The van der Waals surface area contributed by atoms with Gasteiger partial charge in [0.2, 0.25) is 11.8 Å². The van der Waals surface area contributed by atoms with E-state index >= 15 is 0 Å². The molecule has 0 heterocycles. The number of carbonyl (C=O) groups is 3. The fourth-order valence-electron chi connectivity index (χ4n) is 3.88. The van der Waals surface area contributed by atoms with Crippen molar-refractivity contribution in [3.63, 3.8) is 0 Å². The predicted molar refractivity (Wildman–Crippen MR) is 132 cm³/mol. The molecule has 7 heteroatoms. The molecule has 1 aromatic carbocycles. The van der Waals surface area contributed by atoms with E-state index in [1.807, 2.05) is 58.0 Å². The molecule has 184 valence electrons. The monoisotopic (exact) mass is 459 g/mol. The number of hydrogen-bond donors (Lipinski definition) is 2. The molecule has 3 atom stereocenters. The first-order chi connectivity index (χ1) is 15.5. The number of nitrogens with one attached hydrogen (secondary N) is 2. The number of hydrogen-bond acceptors (Lipinski definition) is 5. The van der Waals surface area contributed by atoms with Crippen molar-refractivity contribution < 1.29 is 19.1 Å². The Morgan fingerprint density at radius 1 is 1.15 bits per heavy atom. The van der Waals surface area contributed by atoms with Crippen molar-refractivity contribution in [3.8, 4) is 0 Å². The second-order valence-electron chi connectivity index (χ2n) is 8.98. The molecule has 0 radical (unpaired) electrons. The van der Waals surface area contributed by atoms with Crippen molar-refractivity contribution in [2.24, 2.45) is 5.92 Å². The highest BCUT2D eigenvalue weighted by atomic mass is 16.5. The Bertz CT molecular complexity index is 820. The maximum atomic E-state index is 13.0. The molecule has 0 bridgehead atoms. The van der Waals surface area contributed by atoms with Gasteiger partial charge < -0.3 is 20.3 Å². The zero-order valence-corrected chi connectivity index (χ0v) is 21.4. The lowest BCUT2D eigenvalue weighted by molar-refractivity contribution is -0.138. The molecule has 1 rings (SSSR count). The summed E-state index contributed by atoms with van der Waals surface area (Å²) in [6.45, 7) is 11.7. The van der Waals surface area contributed by atoms with Crippen LogP contribution in [0.5, 0.6) is 0 Å². The Morgan fingerprint density at radius 3 is 2.27 bits per heavy atom.